The molecule has 428 valence electrons. The van der Waals surface area contributed by atoms with Crippen molar-refractivity contribution in [1.29, 1.82) is 0 Å². The Morgan fingerprint density at radius 1 is 0.472 bits per heavy atom. The van der Waals surface area contributed by atoms with Crippen molar-refractivity contribution in [3.63, 3.8) is 0 Å². The average Bonchev–Trinajstić information content (AvgIpc) is 3.38. The number of allylic oxidation sites excluding steroid dienone is 2. The molecule has 1 rings (SSSR count). The predicted molar refractivity (Wildman–Crippen MR) is 298 cm³/mol. The van der Waals surface area contributed by atoms with Gasteiger partial charge in [-0.25, -0.2) is 0 Å². The zero-order valence-electron chi connectivity index (χ0n) is 46.9. The quantitative estimate of drug-likeness (QED) is 0.0215. The minimum Gasteiger partial charge on any atom is -0.394 e. The van der Waals surface area contributed by atoms with Gasteiger partial charge in [-0.2, -0.15) is 0 Å². The SMILES string of the molecule is CCCCCCCCCCCC/C=C/CCCC(O)C(O)C(COC1OC(CO)C(O)C(O)C1O)NC(=O)C(O)CCCCCCCCCCCCCCCCCCCCCCCCCCCCCCCC. The fourth-order valence-electron chi connectivity index (χ4n) is 10.3. The molecule has 1 saturated heterocycles. The summed E-state index contributed by atoms with van der Waals surface area (Å²) in [6, 6.07) is -1.18. The van der Waals surface area contributed by atoms with Gasteiger partial charge in [0.05, 0.1) is 25.4 Å². The Morgan fingerprint density at radius 2 is 0.819 bits per heavy atom. The molecule has 72 heavy (non-hydrogen) atoms. The summed E-state index contributed by atoms with van der Waals surface area (Å²) in [5.74, 6) is -0.700. The smallest absolute Gasteiger partial charge is 0.249 e. The number of hydrogen-bond donors (Lipinski definition) is 8. The largest absolute Gasteiger partial charge is 0.394 e. The zero-order valence-corrected chi connectivity index (χ0v) is 46.9. The van der Waals surface area contributed by atoms with Crippen molar-refractivity contribution in [3.8, 4) is 0 Å². The van der Waals surface area contributed by atoms with Crippen LogP contribution in [0.4, 0.5) is 0 Å². The van der Waals surface area contributed by atoms with Gasteiger partial charge in [-0.15, -0.1) is 0 Å². The van der Waals surface area contributed by atoms with Gasteiger partial charge in [0.25, 0.3) is 0 Å². The average molecular weight is 1030 g/mol. The molecular weight excluding hydrogens is 907 g/mol. The Morgan fingerprint density at radius 3 is 1.19 bits per heavy atom. The second-order valence-electron chi connectivity index (χ2n) is 22.1. The Balaban J connectivity index is 2.21. The molecule has 0 aliphatic carbocycles. The Hall–Kier alpha value is -1.15. The van der Waals surface area contributed by atoms with Gasteiger partial charge in [-0.1, -0.05) is 276 Å². The fourth-order valence-corrected chi connectivity index (χ4v) is 10.3. The summed E-state index contributed by atoms with van der Waals surface area (Å²) >= 11 is 0. The van der Waals surface area contributed by atoms with Crippen LogP contribution in [0, 0.1) is 0 Å². The standard InChI is InChI=1S/C61H119NO10/c1-3-5-7-9-11-13-15-17-19-20-21-22-23-24-25-26-27-28-29-30-31-32-33-35-37-39-41-43-45-47-49-54(65)60(70)62-52(51-71-61-59(69)58(68)57(67)55(50-63)72-61)56(66)53(64)48-46-44-42-40-38-36-34-18-16-14-12-10-8-6-4-2/h40,42,52-59,61,63-69H,3-39,41,43-51H2,1-2H3,(H,62,70)/b42-40+. The van der Waals surface area contributed by atoms with E-state index in [0.717, 1.165) is 38.5 Å². The number of ether oxygens (including phenoxy) is 2. The lowest BCUT2D eigenvalue weighted by atomic mass is 9.98. The molecule has 0 spiro atoms. The lowest BCUT2D eigenvalue weighted by molar-refractivity contribution is -0.303. The summed E-state index contributed by atoms with van der Waals surface area (Å²) in [7, 11) is 0. The van der Waals surface area contributed by atoms with Crippen molar-refractivity contribution >= 4 is 5.91 Å². The van der Waals surface area contributed by atoms with Crippen LogP contribution in [0.2, 0.25) is 0 Å². The van der Waals surface area contributed by atoms with Crippen LogP contribution in [0.5, 0.6) is 0 Å². The molecule has 9 unspecified atom stereocenters. The summed E-state index contributed by atoms with van der Waals surface area (Å²) in [5.41, 5.74) is 0. The number of amides is 1. The van der Waals surface area contributed by atoms with Gasteiger partial charge in [0.15, 0.2) is 6.29 Å². The molecule has 8 N–H and O–H groups in total. The summed E-state index contributed by atoms with van der Waals surface area (Å²) in [5, 5.41) is 76.1. The lowest BCUT2D eigenvalue weighted by Gasteiger charge is -2.40. The molecule has 1 aliphatic rings. The lowest BCUT2D eigenvalue weighted by Crippen LogP contribution is -2.60. The molecule has 1 aliphatic heterocycles. The zero-order chi connectivity index (χ0) is 52.5. The molecule has 1 heterocycles. The second-order valence-corrected chi connectivity index (χ2v) is 22.1. The van der Waals surface area contributed by atoms with Crippen molar-refractivity contribution < 1.29 is 50.0 Å². The van der Waals surface area contributed by atoms with Gasteiger partial charge in [-0.05, 0) is 38.5 Å². The minimum atomic E-state index is -1.66. The molecular formula is C61H119NO10. The van der Waals surface area contributed by atoms with E-state index in [9.17, 15) is 40.5 Å². The molecule has 11 heteroatoms. The van der Waals surface area contributed by atoms with E-state index in [4.69, 9.17) is 9.47 Å². The Labute approximate surface area is 442 Å². The highest BCUT2D eigenvalue weighted by Gasteiger charge is 2.44. The van der Waals surface area contributed by atoms with E-state index in [0.29, 0.717) is 12.8 Å². The molecule has 0 aromatic carbocycles. The number of unbranched alkanes of at least 4 members (excludes halogenated alkanes) is 40. The van der Waals surface area contributed by atoms with E-state index < -0.39 is 74.2 Å². The minimum absolute atomic E-state index is 0.260. The number of carbonyl (C=O) groups is 1. The van der Waals surface area contributed by atoms with E-state index in [1.165, 1.54) is 225 Å². The Bertz CT molecular complexity index is 1180. The van der Waals surface area contributed by atoms with Gasteiger partial charge in [0.2, 0.25) is 5.91 Å². The van der Waals surface area contributed by atoms with Crippen molar-refractivity contribution in [2.24, 2.45) is 0 Å². The fraction of sp³-hybridized carbons (Fsp3) is 0.951. The van der Waals surface area contributed by atoms with E-state index in [1.807, 2.05) is 0 Å². The van der Waals surface area contributed by atoms with Crippen LogP contribution < -0.4 is 5.32 Å². The number of carbonyl (C=O) groups excluding carboxylic acids is 1. The maximum Gasteiger partial charge on any atom is 0.249 e. The summed E-state index contributed by atoms with van der Waals surface area (Å²) in [4.78, 5) is 13.2. The number of aliphatic hydroxyl groups is 7. The summed E-state index contributed by atoms with van der Waals surface area (Å²) < 4.78 is 11.1. The van der Waals surface area contributed by atoms with Gasteiger partial charge in [-0.3, -0.25) is 4.79 Å². The molecule has 0 radical (unpaired) electrons. The van der Waals surface area contributed by atoms with Crippen molar-refractivity contribution in [3.05, 3.63) is 12.2 Å². The normalized spacial score (nSPS) is 20.0. The third-order valence-electron chi connectivity index (χ3n) is 15.3. The van der Waals surface area contributed by atoms with Gasteiger partial charge in [0, 0.05) is 0 Å². The van der Waals surface area contributed by atoms with Crippen molar-refractivity contribution in [2.45, 2.75) is 358 Å². The second kappa shape index (κ2) is 50.7. The van der Waals surface area contributed by atoms with Crippen molar-refractivity contribution in [2.75, 3.05) is 13.2 Å². The van der Waals surface area contributed by atoms with Crippen LogP contribution >= 0.6 is 0 Å². The van der Waals surface area contributed by atoms with E-state index >= 15 is 0 Å². The molecule has 1 fully saturated rings. The summed E-state index contributed by atoms with van der Waals surface area (Å²) in [6.45, 7) is 3.47. The van der Waals surface area contributed by atoms with Gasteiger partial charge < -0.3 is 50.5 Å². The monoisotopic (exact) mass is 1030 g/mol. The first-order chi connectivity index (χ1) is 35.2. The number of nitrogens with one attached hydrogen (secondary N) is 1. The van der Waals surface area contributed by atoms with Crippen LogP contribution in [0.3, 0.4) is 0 Å². The van der Waals surface area contributed by atoms with Crippen LogP contribution in [0.25, 0.3) is 0 Å². The maximum absolute atomic E-state index is 13.2. The maximum atomic E-state index is 13.2. The number of hydrogen-bond acceptors (Lipinski definition) is 10. The summed E-state index contributed by atoms with van der Waals surface area (Å²) in [6.07, 6.45) is 48.6. The molecule has 0 saturated carbocycles. The third-order valence-corrected chi connectivity index (χ3v) is 15.3. The predicted octanol–water partition coefficient (Wildman–Crippen LogP) is 13.5. The topological polar surface area (TPSA) is 189 Å². The Kier molecular flexibility index (Phi) is 48.4. The van der Waals surface area contributed by atoms with Crippen molar-refractivity contribution in [1.82, 2.24) is 5.32 Å². The number of rotatable bonds is 54. The molecule has 11 nitrogen and oxygen atoms in total. The highest BCUT2D eigenvalue weighted by Crippen LogP contribution is 2.24. The highest BCUT2D eigenvalue weighted by atomic mass is 16.7. The first-order valence-electron chi connectivity index (χ1n) is 31.1. The van der Waals surface area contributed by atoms with Gasteiger partial charge in [0.1, 0.15) is 36.6 Å². The van der Waals surface area contributed by atoms with Gasteiger partial charge >= 0.3 is 0 Å². The molecule has 0 aromatic heterocycles. The third kappa shape index (κ3) is 38.4. The van der Waals surface area contributed by atoms with Crippen LogP contribution in [-0.2, 0) is 14.3 Å². The first kappa shape index (κ1) is 68.9. The van der Waals surface area contributed by atoms with Crippen LogP contribution in [0.1, 0.15) is 303 Å². The molecule has 1 amide bonds. The van der Waals surface area contributed by atoms with Crippen LogP contribution in [-0.4, -0.2) is 110 Å². The van der Waals surface area contributed by atoms with E-state index in [2.05, 4.69) is 31.3 Å². The van der Waals surface area contributed by atoms with Crippen LogP contribution in [0.15, 0.2) is 12.2 Å². The highest BCUT2D eigenvalue weighted by molar-refractivity contribution is 5.80. The van der Waals surface area contributed by atoms with E-state index in [-0.39, 0.29) is 12.8 Å². The first-order valence-corrected chi connectivity index (χ1v) is 31.1. The molecule has 0 bridgehead atoms. The number of aliphatic hydroxyl groups excluding tert-OH is 7. The molecule has 0 aromatic rings. The van der Waals surface area contributed by atoms with E-state index in [1.54, 1.807) is 0 Å². The molecule has 9 atom stereocenters.